The van der Waals surface area contributed by atoms with E-state index < -0.39 is 0 Å². The van der Waals surface area contributed by atoms with Gasteiger partial charge in [-0.2, -0.15) is 0 Å². The van der Waals surface area contributed by atoms with Crippen LogP contribution in [0.2, 0.25) is 0 Å². The number of alkyl halides is 1. The summed E-state index contributed by atoms with van der Waals surface area (Å²) in [6, 6.07) is -0.250. The molecule has 0 aliphatic carbocycles. The Kier molecular flexibility index (Phi) is 4.38. The predicted molar refractivity (Wildman–Crippen MR) is 57.2 cm³/mol. The summed E-state index contributed by atoms with van der Waals surface area (Å²) in [4.78, 5) is 24.6. The van der Waals surface area contributed by atoms with E-state index in [0.717, 1.165) is 12.8 Å². The van der Waals surface area contributed by atoms with Crippen molar-refractivity contribution in [2.24, 2.45) is 0 Å². The molecule has 14 heavy (non-hydrogen) atoms. The normalized spacial score (nSPS) is 21.0. The van der Waals surface area contributed by atoms with Gasteiger partial charge in [-0.25, -0.2) is 0 Å². The number of hydrogen-bond acceptors (Lipinski definition) is 2. The van der Waals surface area contributed by atoms with Crippen LogP contribution < -0.4 is 5.32 Å². The van der Waals surface area contributed by atoms with Crippen molar-refractivity contribution in [3.05, 3.63) is 0 Å². The van der Waals surface area contributed by atoms with Crippen molar-refractivity contribution >= 4 is 27.7 Å². The van der Waals surface area contributed by atoms with Crippen molar-refractivity contribution in [1.82, 2.24) is 10.2 Å². The molecule has 1 aliphatic heterocycles. The molecular formula is C9H15BrN2O2. The monoisotopic (exact) mass is 262 g/mol. The van der Waals surface area contributed by atoms with Gasteiger partial charge >= 0.3 is 0 Å². The van der Waals surface area contributed by atoms with Crippen molar-refractivity contribution < 1.29 is 9.59 Å². The second-order valence-electron chi connectivity index (χ2n) is 3.27. The number of carbonyl (C=O) groups is 2. The molecule has 1 heterocycles. The largest absolute Gasteiger partial charge is 0.355 e. The Morgan fingerprint density at radius 1 is 1.57 bits per heavy atom. The Labute approximate surface area is 92.2 Å². The second kappa shape index (κ2) is 5.34. The number of amides is 2. The standard InChI is InChI=1S/C9H15BrN2O2/c1-2-11-9(14)7-4-3-5-12(7)8(13)6-10/h7H,2-6H2,1H3,(H,11,14). The summed E-state index contributed by atoms with van der Waals surface area (Å²) in [7, 11) is 0. The number of rotatable bonds is 3. The van der Waals surface area contributed by atoms with E-state index >= 15 is 0 Å². The number of carbonyl (C=O) groups excluding carboxylic acids is 2. The summed E-state index contributed by atoms with van der Waals surface area (Å²) in [5.74, 6) is -0.0296. The molecule has 1 aliphatic rings. The Morgan fingerprint density at radius 3 is 2.86 bits per heavy atom. The number of halogens is 1. The Bertz CT molecular complexity index is 233. The maximum atomic E-state index is 11.6. The maximum absolute atomic E-state index is 11.6. The molecule has 0 spiro atoms. The molecule has 4 nitrogen and oxygen atoms in total. The Balaban J connectivity index is 2.59. The SMILES string of the molecule is CCNC(=O)C1CCCN1C(=O)CBr. The first-order valence-corrected chi connectivity index (χ1v) is 5.96. The summed E-state index contributed by atoms with van der Waals surface area (Å²) in [5.41, 5.74) is 0. The minimum absolute atomic E-state index is 0.00115. The minimum Gasteiger partial charge on any atom is -0.355 e. The van der Waals surface area contributed by atoms with Crippen LogP contribution in [0.3, 0.4) is 0 Å². The van der Waals surface area contributed by atoms with Gasteiger partial charge in [-0.05, 0) is 19.8 Å². The van der Waals surface area contributed by atoms with Crippen LogP contribution in [-0.4, -0.2) is 41.2 Å². The molecule has 0 radical (unpaired) electrons. The molecule has 1 N–H and O–H groups in total. The van der Waals surface area contributed by atoms with Gasteiger partial charge in [0.2, 0.25) is 11.8 Å². The lowest BCUT2D eigenvalue weighted by Gasteiger charge is -2.22. The maximum Gasteiger partial charge on any atom is 0.242 e. The molecule has 1 unspecified atom stereocenters. The fourth-order valence-corrected chi connectivity index (χ4v) is 2.03. The first-order valence-electron chi connectivity index (χ1n) is 4.83. The van der Waals surface area contributed by atoms with Crippen molar-refractivity contribution in [3.8, 4) is 0 Å². The van der Waals surface area contributed by atoms with Crippen LogP contribution in [0.4, 0.5) is 0 Å². The molecule has 1 saturated heterocycles. The molecular weight excluding hydrogens is 248 g/mol. The van der Waals surface area contributed by atoms with Crippen LogP contribution in [0.15, 0.2) is 0 Å². The molecule has 0 aromatic heterocycles. The highest BCUT2D eigenvalue weighted by atomic mass is 79.9. The van der Waals surface area contributed by atoms with E-state index in [9.17, 15) is 9.59 Å². The van der Waals surface area contributed by atoms with E-state index in [1.165, 1.54) is 0 Å². The zero-order valence-corrected chi connectivity index (χ0v) is 9.84. The molecule has 0 aromatic rings. The Morgan fingerprint density at radius 2 is 2.29 bits per heavy atom. The molecule has 0 aromatic carbocycles. The number of hydrogen-bond donors (Lipinski definition) is 1. The number of likely N-dealkylation sites (N-methyl/N-ethyl adjacent to an activating group) is 1. The van der Waals surface area contributed by atoms with Crippen LogP contribution in [0.1, 0.15) is 19.8 Å². The topological polar surface area (TPSA) is 49.4 Å². The molecule has 0 bridgehead atoms. The van der Waals surface area contributed by atoms with Gasteiger partial charge in [-0.3, -0.25) is 9.59 Å². The molecule has 1 atom stereocenters. The summed E-state index contributed by atoms with van der Waals surface area (Å²) >= 11 is 3.12. The van der Waals surface area contributed by atoms with Crippen LogP contribution in [0, 0.1) is 0 Å². The molecule has 5 heteroatoms. The van der Waals surface area contributed by atoms with E-state index in [0.29, 0.717) is 18.4 Å². The lowest BCUT2D eigenvalue weighted by atomic mass is 10.2. The third-order valence-corrected chi connectivity index (χ3v) is 2.82. The lowest BCUT2D eigenvalue weighted by Crippen LogP contribution is -2.46. The van der Waals surface area contributed by atoms with E-state index in [1.807, 2.05) is 6.92 Å². The molecule has 1 fully saturated rings. The van der Waals surface area contributed by atoms with Gasteiger partial charge in [0, 0.05) is 13.1 Å². The summed E-state index contributed by atoms with van der Waals surface area (Å²) in [6.07, 6.45) is 1.70. The minimum atomic E-state index is -0.250. The predicted octanol–water partition coefficient (Wildman–Crippen LogP) is 0.508. The van der Waals surface area contributed by atoms with Crippen molar-refractivity contribution in [1.29, 1.82) is 0 Å². The van der Waals surface area contributed by atoms with E-state index in [2.05, 4.69) is 21.2 Å². The molecule has 2 amide bonds. The van der Waals surface area contributed by atoms with Crippen LogP contribution in [0.25, 0.3) is 0 Å². The Hall–Kier alpha value is -0.580. The zero-order chi connectivity index (χ0) is 10.6. The number of likely N-dealkylation sites (tertiary alicyclic amines) is 1. The van der Waals surface area contributed by atoms with Crippen molar-refractivity contribution in [2.45, 2.75) is 25.8 Å². The highest BCUT2D eigenvalue weighted by Gasteiger charge is 2.32. The fraction of sp³-hybridized carbons (Fsp3) is 0.778. The van der Waals surface area contributed by atoms with E-state index in [4.69, 9.17) is 0 Å². The van der Waals surface area contributed by atoms with E-state index in [1.54, 1.807) is 4.90 Å². The third-order valence-electron chi connectivity index (χ3n) is 2.34. The van der Waals surface area contributed by atoms with Crippen molar-refractivity contribution in [2.75, 3.05) is 18.4 Å². The van der Waals surface area contributed by atoms with Gasteiger partial charge in [-0.15, -0.1) is 0 Å². The van der Waals surface area contributed by atoms with Crippen LogP contribution in [0.5, 0.6) is 0 Å². The molecule has 0 saturated carbocycles. The van der Waals surface area contributed by atoms with Gasteiger partial charge in [0.15, 0.2) is 0 Å². The average molecular weight is 263 g/mol. The van der Waals surface area contributed by atoms with E-state index in [-0.39, 0.29) is 17.9 Å². The lowest BCUT2D eigenvalue weighted by molar-refractivity contribution is -0.136. The van der Waals surface area contributed by atoms with Gasteiger partial charge in [-0.1, -0.05) is 15.9 Å². The van der Waals surface area contributed by atoms with Gasteiger partial charge in [0.05, 0.1) is 5.33 Å². The highest BCUT2D eigenvalue weighted by molar-refractivity contribution is 9.09. The number of nitrogens with zero attached hydrogens (tertiary/aromatic N) is 1. The van der Waals surface area contributed by atoms with Crippen LogP contribution >= 0.6 is 15.9 Å². The number of nitrogens with one attached hydrogen (secondary N) is 1. The highest BCUT2D eigenvalue weighted by Crippen LogP contribution is 2.17. The summed E-state index contributed by atoms with van der Waals surface area (Å²) in [6.45, 7) is 3.20. The average Bonchev–Trinajstić information content (AvgIpc) is 2.65. The summed E-state index contributed by atoms with van der Waals surface area (Å²) in [5, 5.41) is 3.04. The second-order valence-corrected chi connectivity index (χ2v) is 3.83. The van der Waals surface area contributed by atoms with Crippen LogP contribution in [-0.2, 0) is 9.59 Å². The first kappa shape index (κ1) is 11.5. The van der Waals surface area contributed by atoms with Gasteiger partial charge < -0.3 is 10.2 Å². The van der Waals surface area contributed by atoms with Gasteiger partial charge in [0.25, 0.3) is 0 Å². The van der Waals surface area contributed by atoms with Gasteiger partial charge in [0.1, 0.15) is 6.04 Å². The smallest absolute Gasteiger partial charge is 0.242 e. The molecule has 80 valence electrons. The summed E-state index contributed by atoms with van der Waals surface area (Å²) < 4.78 is 0. The zero-order valence-electron chi connectivity index (χ0n) is 8.25. The van der Waals surface area contributed by atoms with Crippen molar-refractivity contribution in [3.63, 3.8) is 0 Å². The third kappa shape index (κ3) is 2.47. The fourth-order valence-electron chi connectivity index (χ4n) is 1.71. The quantitative estimate of drug-likeness (QED) is 0.754. The first-order chi connectivity index (χ1) is 6.70. The molecule has 1 rings (SSSR count).